The van der Waals surface area contributed by atoms with Gasteiger partial charge in [-0.05, 0) is 86.7 Å². The minimum absolute atomic E-state index is 0.0401. The Hall–Kier alpha value is -6.28. The number of amides is 3. The van der Waals surface area contributed by atoms with Gasteiger partial charge in [-0.3, -0.25) is 34.5 Å². The molecule has 9 heterocycles. The SMILES string of the molecule is C#Cc1c(F)ccc2cccc(-c3ncc4c(N5CC6CCC(C5)N6)nc(OC[C@]56CCCN5[C@H](CN5CCN(c7ccc8c(c7)CN(C7CCC(=O)NC7=O)C8=O)CC5)CC6)nc4c3F)c12. The Balaban J connectivity index is 0.752. The fourth-order valence-electron chi connectivity index (χ4n) is 12.4. The van der Waals surface area contributed by atoms with Crippen LogP contribution >= 0.6 is 0 Å². The lowest BCUT2D eigenvalue weighted by molar-refractivity contribution is -0.136. The molecule has 6 saturated heterocycles. The maximum absolute atomic E-state index is 17.2. The fourth-order valence-corrected chi connectivity index (χ4v) is 12.4. The molecule has 2 N–H and O–H groups in total. The van der Waals surface area contributed by atoms with Gasteiger partial charge in [-0.1, -0.05) is 30.2 Å². The highest BCUT2D eigenvalue weighted by atomic mass is 19.1. The molecular formula is C51H52F2N10O4. The molecule has 7 aliphatic rings. The third kappa shape index (κ3) is 7.24. The smallest absolute Gasteiger partial charge is 0.319 e. The predicted molar refractivity (Wildman–Crippen MR) is 249 cm³/mol. The number of halogens is 2. The molecule has 3 aromatic carbocycles. The van der Waals surface area contributed by atoms with Crippen molar-refractivity contribution in [3.05, 3.63) is 83.1 Å². The van der Waals surface area contributed by atoms with Gasteiger partial charge in [0.2, 0.25) is 11.8 Å². The minimum Gasteiger partial charge on any atom is -0.461 e. The molecule has 6 fully saturated rings. The van der Waals surface area contributed by atoms with Crippen LogP contribution in [0.3, 0.4) is 0 Å². The normalized spacial score (nSPS) is 26.4. The highest BCUT2D eigenvalue weighted by Crippen LogP contribution is 2.44. The lowest BCUT2D eigenvalue weighted by Crippen LogP contribution is -2.53. The third-order valence-corrected chi connectivity index (χ3v) is 15.8. The second-order valence-corrected chi connectivity index (χ2v) is 19.6. The molecule has 2 bridgehead atoms. The summed E-state index contributed by atoms with van der Waals surface area (Å²) in [5.74, 6) is 1.05. The number of aromatic nitrogens is 3. The van der Waals surface area contributed by atoms with Crippen molar-refractivity contribution >= 4 is 50.9 Å². The van der Waals surface area contributed by atoms with E-state index in [9.17, 15) is 14.4 Å². The summed E-state index contributed by atoms with van der Waals surface area (Å²) >= 11 is 0. The van der Waals surface area contributed by atoms with Gasteiger partial charge in [-0.2, -0.15) is 9.97 Å². The number of carbonyl (C=O) groups is 3. The average molecular weight is 907 g/mol. The molecule has 0 radical (unpaired) electrons. The molecule has 3 amide bonds. The molecular weight excluding hydrogens is 855 g/mol. The number of pyridine rings is 1. The molecule has 344 valence electrons. The predicted octanol–water partition coefficient (Wildman–Crippen LogP) is 5.00. The van der Waals surface area contributed by atoms with Gasteiger partial charge in [0.05, 0.1) is 16.5 Å². The van der Waals surface area contributed by atoms with Crippen LogP contribution in [0.15, 0.2) is 54.7 Å². The summed E-state index contributed by atoms with van der Waals surface area (Å²) < 4.78 is 38.9. The summed E-state index contributed by atoms with van der Waals surface area (Å²) in [5.41, 5.74) is 3.05. The standard InChI is InChI=1S/C51H52F2N10O4/c1-2-36-40(52)12-7-30-5-3-6-38(43(30)36)45-44(53)46-39(24-54-45)47(61-26-32-8-9-33(27-61)55-32)58-50(57-46)67-29-51-16-4-18-63(51)35(15-17-51)28-59-19-21-60(22-20-59)34-10-11-37-31(23-34)25-62(49(37)66)41-13-14-42(64)56-48(41)65/h1,3,5-7,10-12,23-24,32-33,35,41,55H,4,8-9,13-22,25-29H2,(H,56,64,65)/t32?,33?,35-,41?,51+/m0/s1. The summed E-state index contributed by atoms with van der Waals surface area (Å²) in [6.07, 6.45) is 14.3. The number of rotatable bonds is 9. The van der Waals surface area contributed by atoms with Crippen molar-refractivity contribution < 1.29 is 27.9 Å². The van der Waals surface area contributed by atoms with E-state index in [1.54, 1.807) is 29.3 Å². The lowest BCUT2D eigenvalue weighted by Gasteiger charge is -2.40. The number of carbonyl (C=O) groups excluding carboxylic acids is 3. The second kappa shape index (κ2) is 16.5. The van der Waals surface area contributed by atoms with Crippen LogP contribution in [0.25, 0.3) is 32.9 Å². The fraction of sp³-hybridized carbons (Fsp3) is 0.451. The maximum atomic E-state index is 17.2. The summed E-state index contributed by atoms with van der Waals surface area (Å²) in [5, 5.41) is 7.69. The van der Waals surface area contributed by atoms with Gasteiger partial charge < -0.3 is 24.8 Å². The van der Waals surface area contributed by atoms with Gasteiger partial charge in [0, 0.05) is 105 Å². The summed E-state index contributed by atoms with van der Waals surface area (Å²) in [7, 11) is 0. The number of piperazine rings is 2. The van der Waals surface area contributed by atoms with Crippen molar-refractivity contribution in [1.29, 1.82) is 0 Å². The number of piperidine rings is 1. The number of benzene rings is 3. The molecule has 2 aromatic heterocycles. The molecule has 5 atom stereocenters. The quantitative estimate of drug-likeness (QED) is 0.152. The molecule has 0 aliphatic carbocycles. The number of terminal acetylenes is 1. The first kappa shape index (κ1) is 42.1. The van der Waals surface area contributed by atoms with E-state index in [4.69, 9.17) is 21.1 Å². The third-order valence-electron chi connectivity index (χ3n) is 15.8. The molecule has 67 heavy (non-hydrogen) atoms. The zero-order chi connectivity index (χ0) is 45.6. The van der Waals surface area contributed by atoms with E-state index in [1.807, 2.05) is 18.2 Å². The average Bonchev–Trinajstić information content (AvgIpc) is 4.10. The Morgan fingerprint density at radius 1 is 0.896 bits per heavy atom. The molecule has 0 saturated carbocycles. The van der Waals surface area contributed by atoms with E-state index in [0.29, 0.717) is 70.8 Å². The summed E-state index contributed by atoms with van der Waals surface area (Å²) in [6, 6.07) is 14.8. The van der Waals surface area contributed by atoms with E-state index >= 15 is 8.78 Å². The van der Waals surface area contributed by atoms with Gasteiger partial charge in [0.25, 0.3) is 5.91 Å². The Morgan fingerprint density at radius 2 is 1.73 bits per heavy atom. The van der Waals surface area contributed by atoms with Crippen molar-refractivity contribution in [2.45, 2.75) is 87.6 Å². The van der Waals surface area contributed by atoms with E-state index in [2.05, 4.69) is 47.2 Å². The van der Waals surface area contributed by atoms with Crippen LogP contribution in [-0.4, -0.2) is 136 Å². The number of hydrogen-bond donors (Lipinski definition) is 2. The Bertz CT molecular complexity index is 2910. The van der Waals surface area contributed by atoms with E-state index in [-0.39, 0.29) is 46.6 Å². The number of fused-ring (bicyclic) bond motifs is 6. The van der Waals surface area contributed by atoms with Gasteiger partial charge in [-0.25, -0.2) is 8.78 Å². The summed E-state index contributed by atoms with van der Waals surface area (Å²) in [6.45, 7) is 7.69. The number of nitrogens with one attached hydrogen (secondary N) is 2. The van der Waals surface area contributed by atoms with Crippen molar-refractivity contribution in [3.8, 4) is 29.6 Å². The van der Waals surface area contributed by atoms with Crippen LogP contribution in [-0.2, 0) is 16.1 Å². The number of imide groups is 1. The van der Waals surface area contributed by atoms with E-state index in [1.165, 1.54) is 6.07 Å². The maximum Gasteiger partial charge on any atom is 0.319 e. The number of ether oxygens (including phenoxy) is 1. The van der Waals surface area contributed by atoms with Crippen LogP contribution in [0.2, 0.25) is 0 Å². The molecule has 5 aromatic rings. The Kier molecular flexibility index (Phi) is 10.4. The molecule has 16 heteroatoms. The molecule has 12 rings (SSSR count). The van der Waals surface area contributed by atoms with E-state index in [0.717, 1.165) is 102 Å². The van der Waals surface area contributed by atoms with Crippen molar-refractivity contribution in [2.24, 2.45) is 0 Å². The molecule has 14 nitrogen and oxygen atoms in total. The highest BCUT2D eigenvalue weighted by Gasteiger charge is 2.50. The first-order valence-electron chi connectivity index (χ1n) is 23.8. The van der Waals surface area contributed by atoms with E-state index < -0.39 is 23.6 Å². The van der Waals surface area contributed by atoms with Crippen LogP contribution in [0.1, 0.15) is 72.9 Å². The number of hydrogen-bond acceptors (Lipinski definition) is 12. The lowest BCUT2D eigenvalue weighted by atomic mass is 9.95. The first-order valence-corrected chi connectivity index (χ1v) is 23.8. The van der Waals surface area contributed by atoms with Crippen molar-refractivity contribution in [3.63, 3.8) is 0 Å². The monoisotopic (exact) mass is 906 g/mol. The first-order chi connectivity index (χ1) is 32.6. The Labute approximate surface area is 387 Å². The highest BCUT2D eigenvalue weighted by molar-refractivity contribution is 6.06. The Morgan fingerprint density at radius 3 is 2.54 bits per heavy atom. The van der Waals surface area contributed by atoms with Crippen molar-refractivity contribution in [2.75, 3.05) is 68.8 Å². The van der Waals surface area contributed by atoms with Crippen molar-refractivity contribution in [1.82, 2.24) is 40.3 Å². The zero-order valence-electron chi connectivity index (χ0n) is 37.3. The minimum atomic E-state index is -0.631. The van der Waals surface area contributed by atoms with Gasteiger partial charge in [0.15, 0.2) is 5.82 Å². The molecule has 7 aliphatic heterocycles. The summed E-state index contributed by atoms with van der Waals surface area (Å²) in [4.78, 5) is 63.5. The second-order valence-electron chi connectivity index (χ2n) is 19.6. The number of anilines is 2. The van der Waals surface area contributed by atoms with Crippen LogP contribution in [0.5, 0.6) is 6.01 Å². The van der Waals surface area contributed by atoms with Crippen LogP contribution in [0.4, 0.5) is 20.3 Å². The van der Waals surface area contributed by atoms with Gasteiger partial charge >= 0.3 is 6.01 Å². The van der Waals surface area contributed by atoms with Gasteiger partial charge in [0.1, 0.15) is 35.5 Å². The molecule has 3 unspecified atom stereocenters. The van der Waals surface area contributed by atoms with Crippen LogP contribution < -0.4 is 25.2 Å². The van der Waals surface area contributed by atoms with Crippen LogP contribution in [0, 0.1) is 24.0 Å². The van der Waals surface area contributed by atoms with Gasteiger partial charge in [-0.15, -0.1) is 6.42 Å². The zero-order valence-corrected chi connectivity index (χ0v) is 37.3. The molecule has 0 spiro atoms. The topological polar surface area (TPSA) is 139 Å². The largest absolute Gasteiger partial charge is 0.461 e. The number of nitrogens with zero attached hydrogens (tertiary/aromatic N) is 8.